The first-order chi connectivity index (χ1) is 15.2. The molecule has 2 aliphatic rings. The van der Waals surface area contributed by atoms with Crippen molar-refractivity contribution >= 4 is 11.8 Å². The number of hydrogen-bond donors (Lipinski definition) is 2. The van der Waals surface area contributed by atoms with Crippen molar-refractivity contribution in [2.75, 3.05) is 19.2 Å². The van der Waals surface area contributed by atoms with Crippen LogP contribution in [0.4, 0.5) is 10.5 Å². The molecule has 0 saturated heterocycles. The Morgan fingerprint density at radius 2 is 2.06 bits per heavy atom. The second-order valence-electron chi connectivity index (χ2n) is 9.97. The van der Waals surface area contributed by atoms with Gasteiger partial charge in [0.15, 0.2) is 0 Å². The van der Waals surface area contributed by atoms with Crippen LogP contribution < -0.4 is 5.32 Å². The van der Waals surface area contributed by atoms with Crippen LogP contribution in [0.2, 0.25) is 0 Å². The molecule has 1 aromatic carbocycles. The summed E-state index contributed by atoms with van der Waals surface area (Å²) in [7, 11) is 1.63. The maximum atomic E-state index is 12.6. The van der Waals surface area contributed by atoms with E-state index in [0.29, 0.717) is 12.1 Å². The Balaban J connectivity index is 1.68. The number of carbonyl (C=O) groups excluding carboxylic acids is 1. The van der Waals surface area contributed by atoms with E-state index >= 15 is 0 Å². The molecule has 0 aromatic heterocycles. The van der Waals surface area contributed by atoms with Gasteiger partial charge in [0, 0.05) is 12.8 Å². The Morgan fingerprint density at radius 3 is 2.78 bits per heavy atom. The average Bonchev–Trinajstić information content (AvgIpc) is 3.03. The molecule has 0 spiro atoms. The molecule has 3 rings (SSSR count). The number of methoxy groups -OCH3 is 1. The summed E-state index contributed by atoms with van der Waals surface area (Å²) in [4.78, 5) is 12.6. The van der Waals surface area contributed by atoms with E-state index in [9.17, 15) is 9.90 Å². The van der Waals surface area contributed by atoms with Crippen molar-refractivity contribution in [1.82, 2.24) is 0 Å². The van der Waals surface area contributed by atoms with Gasteiger partial charge < -0.3 is 19.3 Å². The molecule has 0 bridgehead atoms. The van der Waals surface area contributed by atoms with Crippen molar-refractivity contribution < 1.29 is 24.1 Å². The molecule has 4 atom stereocenters. The summed E-state index contributed by atoms with van der Waals surface area (Å²) in [6.07, 6.45) is 7.42. The third-order valence-corrected chi connectivity index (χ3v) is 7.14. The molecule has 2 saturated carbocycles. The van der Waals surface area contributed by atoms with E-state index < -0.39 is 6.09 Å². The fourth-order valence-corrected chi connectivity index (χ4v) is 5.34. The second kappa shape index (κ2) is 10.8. The number of aliphatic hydroxyl groups excluding tert-OH is 1. The van der Waals surface area contributed by atoms with Gasteiger partial charge in [-0.3, -0.25) is 5.32 Å². The van der Waals surface area contributed by atoms with Crippen LogP contribution in [-0.2, 0) is 14.2 Å². The minimum absolute atomic E-state index is 0.124. The van der Waals surface area contributed by atoms with Crippen LogP contribution in [0, 0.1) is 11.3 Å². The number of carbonyl (C=O) groups is 1. The zero-order valence-electron chi connectivity index (χ0n) is 19.9. The van der Waals surface area contributed by atoms with Crippen molar-refractivity contribution in [3.8, 4) is 0 Å². The fraction of sp³-hybridized carbons (Fsp3) is 0.654. The smallest absolute Gasteiger partial charge is 0.412 e. The van der Waals surface area contributed by atoms with Crippen LogP contribution in [0.3, 0.4) is 0 Å². The maximum Gasteiger partial charge on any atom is 0.412 e. The number of benzene rings is 1. The van der Waals surface area contributed by atoms with Gasteiger partial charge in [0.2, 0.25) is 0 Å². The van der Waals surface area contributed by atoms with E-state index in [-0.39, 0.29) is 35.9 Å². The van der Waals surface area contributed by atoms with Gasteiger partial charge in [-0.15, -0.1) is 0 Å². The molecule has 6 nitrogen and oxygen atoms in total. The Labute approximate surface area is 192 Å². The molecule has 1 amide bonds. The van der Waals surface area contributed by atoms with Crippen molar-refractivity contribution in [2.45, 2.75) is 83.5 Å². The van der Waals surface area contributed by atoms with Crippen LogP contribution in [0.1, 0.15) is 65.7 Å². The molecule has 0 heterocycles. The highest BCUT2D eigenvalue weighted by Crippen LogP contribution is 2.56. The monoisotopic (exact) mass is 445 g/mol. The van der Waals surface area contributed by atoms with Gasteiger partial charge in [0.1, 0.15) is 12.9 Å². The second-order valence-corrected chi connectivity index (χ2v) is 9.97. The lowest BCUT2D eigenvalue weighted by Gasteiger charge is -2.40. The van der Waals surface area contributed by atoms with Crippen LogP contribution in [0.5, 0.6) is 0 Å². The molecule has 6 heteroatoms. The number of anilines is 1. The number of unbranched alkanes of at least 4 members (excludes halogenated alkanes) is 1. The molecule has 1 aromatic rings. The average molecular weight is 446 g/mol. The zero-order valence-corrected chi connectivity index (χ0v) is 19.9. The number of rotatable bonds is 9. The van der Waals surface area contributed by atoms with Crippen LogP contribution in [0.25, 0.3) is 0 Å². The van der Waals surface area contributed by atoms with Crippen molar-refractivity contribution in [1.29, 1.82) is 0 Å². The van der Waals surface area contributed by atoms with Crippen molar-refractivity contribution in [3.63, 3.8) is 0 Å². The van der Waals surface area contributed by atoms with Crippen molar-refractivity contribution in [3.05, 3.63) is 42.0 Å². The molecule has 2 fully saturated rings. The topological polar surface area (TPSA) is 77.0 Å². The maximum absolute atomic E-state index is 12.6. The van der Waals surface area contributed by atoms with Gasteiger partial charge >= 0.3 is 6.09 Å². The summed E-state index contributed by atoms with van der Waals surface area (Å²) in [6, 6.07) is 9.33. The van der Waals surface area contributed by atoms with Gasteiger partial charge in [-0.25, -0.2) is 4.79 Å². The molecule has 2 aliphatic carbocycles. The highest BCUT2D eigenvalue weighted by molar-refractivity contribution is 5.84. The molecule has 2 N–H and O–H groups in total. The number of allylic oxidation sites excluding steroid dienone is 1. The number of amides is 1. The minimum atomic E-state index is -0.446. The van der Waals surface area contributed by atoms with E-state index in [2.05, 4.69) is 32.2 Å². The molecule has 32 heavy (non-hydrogen) atoms. The number of aliphatic hydroxyl groups is 1. The van der Waals surface area contributed by atoms with Gasteiger partial charge in [0.05, 0.1) is 11.7 Å². The highest BCUT2D eigenvalue weighted by atomic mass is 16.7. The Kier molecular flexibility index (Phi) is 8.37. The zero-order chi connectivity index (χ0) is 23.2. The summed E-state index contributed by atoms with van der Waals surface area (Å²) in [5.74, 6) is 0.124. The minimum Gasteiger partial charge on any atom is -0.441 e. The standard InChI is InChI=1S/C26H39NO5/c1-25(2,31-18-30-4)15-9-8-13-20-23(17-21-22(28)14-10-16-26(20,21)3)32-24(29)27-19-11-6-5-7-12-19/h5-7,11-13,21-23,28H,8-10,14-18H2,1-4H3,(H,27,29)/b20-13+/t21-,22?,23+,26+/m0/s1. The number of fused-ring (bicyclic) bond motifs is 1. The van der Waals surface area contributed by atoms with Gasteiger partial charge in [0.25, 0.3) is 0 Å². The summed E-state index contributed by atoms with van der Waals surface area (Å²) in [5.41, 5.74) is 1.50. The van der Waals surface area contributed by atoms with E-state index in [4.69, 9.17) is 14.2 Å². The van der Waals surface area contributed by atoms with E-state index in [1.807, 2.05) is 30.3 Å². The summed E-state index contributed by atoms with van der Waals surface area (Å²) in [5, 5.41) is 13.5. The number of hydrogen-bond acceptors (Lipinski definition) is 5. The molecule has 1 unspecified atom stereocenters. The normalized spacial score (nSPS) is 29.0. The van der Waals surface area contributed by atoms with Gasteiger partial charge in [-0.2, -0.15) is 0 Å². The summed E-state index contributed by atoms with van der Waals surface area (Å²) >= 11 is 0. The molecule has 178 valence electrons. The Morgan fingerprint density at radius 1 is 1.31 bits per heavy atom. The SMILES string of the molecule is COCOC(C)(C)CCC/C=C1\[C@H](OC(=O)Nc2ccccc2)C[C@H]2C(O)CCC[C@]12C. The van der Waals surface area contributed by atoms with E-state index in [0.717, 1.165) is 38.5 Å². The number of ether oxygens (including phenoxy) is 3. The molecule has 0 aliphatic heterocycles. The van der Waals surface area contributed by atoms with Crippen LogP contribution in [0.15, 0.2) is 42.0 Å². The first-order valence-electron chi connectivity index (χ1n) is 11.8. The van der Waals surface area contributed by atoms with Crippen LogP contribution in [-0.4, -0.2) is 42.9 Å². The largest absolute Gasteiger partial charge is 0.441 e. The predicted molar refractivity (Wildman–Crippen MR) is 125 cm³/mol. The Hall–Kier alpha value is -1.89. The number of nitrogens with one attached hydrogen (secondary N) is 1. The van der Waals surface area contributed by atoms with Crippen molar-refractivity contribution in [2.24, 2.45) is 11.3 Å². The third-order valence-electron chi connectivity index (χ3n) is 7.14. The first kappa shape index (κ1) is 24.7. The molecule has 0 radical (unpaired) electrons. The lowest BCUT2D eigenvalue weighted by Crippen LogP contribution is -2.37. The third kappa shape index (κ3) is 6.12. The predicted octanol–water partition coefficient (Wildman–Crippen LogP) is 5.67. The first-order valence-corrected chi connectivity index (χ1v) is 11.8. The highest BCUT2D eigenvalue weighted by Gasteiger charge is 2.53. The molecular weight excluding hydrogens is 406 g/mol. The number of para-hydroxylation sites is 1. The fourth-order valence-electron chi connectivity index (χ4n) is 5.34. The van der Waals surface area contributed by atoms with Gasteiger partial charge in [-0.1, -0.05) is 31.2 Å². The summed E-state index contributed by atoms with van der Waals surface area (Å²) in [6.45, 7) is 6.67. The summed E-state index contributed by atoms with van der Waals surface area (Å²) < 4.78 is 16.7. The van der Waals surface area contributed by atoms with E-state index in [1.165, 1.54) is 5.57 Å². The quantitative estimate of drug-likeness (QED) is 0.291. The van der Waals surface area contributed by atoms with E-state index in [1.54, 1.807) is 7.11 Å². The molecular formula is C26H39NO5. The lowest BCUT2D eigenvalue weighted by molar-refractivity contribution is -0.117. The van der Waals surface area contributed by atoms with Crippen LogP contribution >= 0.6 is 0 Å². The lowest BCUT2D eigenvalue weighted by atomic mass is 9.66. The Bertz CT molecular complexity index is 778. The van der Waals surface area contributed by atoms with Gasteiger partial charge in [-0.05, 0) is 87.8 Å².